The number of nitrogens with zero attached hydrogens (tertiary/aromatic N) is 3. The maximum atomic E-state index is 14.9. The standard InChI is InChI=1S/C35H34F2N4O5/c1-5-13-41(14-6-2)22-16-25(24-9-7-21(36)15-28(24)37)34(42)27(17-22)35(43)40-33-10-8-23(20-39-33)46-30-11-12-38-29-19-32(45-4)31(44-3)18-26(29)30/h7-12,15-20,22H,5-6,13-14H2,1-4H3,(H,39,40,43). The third-order valence-corrected chi connectivity index (χ3v) is 7.49. The van der Waals surface area contributed by atoms with E-state index in [2.05, 4.69) is 20.2 Å². The van der Waals surface area contributed by atoms with Gasteiger partial charge in [-0.2, -0.15) is 0 Å². The van der Waals surface area contributed by atoms with E-state index < -0.39 is 29.4 Å². The molecule has 0 bridgehead atoms. The summed E-state index contributed by atoms with van der Waals surface area (Å²) in [6.07, 6.45) is 7.94. The van der Waals surface area contributed by atoms with Gasteiger partial charge in [0.05, 0.1) is 31.5 Å². The first-order chi connectivity index (χ1) is 22.3. The molecule has 0 saturated carbocycles. The number of amides is 1. The highest BCUT2D eigenvalue weighted by molar-refractivity contribution is 6.40. The minimum absolute atomic E-state index is 0.00268. The van der Waals surface area contributed by atoms with Gasteiger partial charge in [-0.25, -0.2) is 13.8 Å². The summed E-state index contributed by atoms with van der Waals surface area (Å²) in [5, 5.41) is 3.37. The lowest BCUT2D eigenvalue weighted by atomic mass is 9.88. The first-order valence-electron chi connectivity index (χ1n) is 14.9. The number of anilines is 1. The van der Waals surface area contributed by atoms with Crippen LogP contribution in [0.25, 0.3) is 16.5 Å². The van der Waals surface area contributed by atoms with Crippen molar-refractivity contribution in [1.29, 1.82) is 0 Å². The first kappa shape index (κ1) is 32.2. The fourth-order valence-corrected chi connectivity index (χ4v) is 5.34. The smallest absolute Gasteiger partial charge is 0.260 e. The second kappa shape index (κ2) is 14.3. The van der Waals surface area contributed by atoms with E-state index in [0.717, 1.165) is 25.0 Å². The Morgan fingerprint density at radius 3 is 2.30 bits per heavy atom. The number of nitrogens with one attached hydrogen (secondary N) is 1. The molecule has 11 heteroatoms. The SMILES string of the molecule is CCCN(CCC)C1C=C(C(=O)Nc2ccc(Oc3ccnc4cc(OC)c(OC)cc34)cn2)C(=O)C(c2ccc(F)cc2F)=C1. The van der Waals surface area contributed by atoms with Crippen molar-refractivity contribution >= 4 is 34.0 Å². The molecule has 0 spiro atoms. The van der Waals surface area contributed by atoms with Gasteiger partial charge in [0.2, 0.25) is 0 Å². The zero-order valence-electron chi connectivity index (χ0n) is 26.0. The number of carbonyl (C=O) groups is 2. The van der Waals surface area contributed by atoms with E-state index in [1.165, 1.54) is 12.3 Å². The number of pyridine rings is 2. The third kappa shape index (κ3) is 6.89. The number of halogens is 2. The molecule has 0 fully saturated rings. The average Bonchev–Trinajstić information content (AvgIpc) is 3.05. The highest BCUT2D eigenvalue weighted by atomic mass is 19.1. The number of ether oxygens (including phenoxy) is 3. The Labute approximate surface area is 265 Å². The molecule has 1 aliphatic rings. The molecular weight excluding hydrogens is 594 g/mol. The number of ketones is 1. The van der Waals surface area contributed by atoms with Crippen molar-refractivity contribution in [3.8, 4) is 23.0 Å². The van der Waals surface area contributed by atoms with Gasteiger partial charge in [0.15, 0.2) is 17.3 Å². The van der Waals surface area contributed by atoms with Crippen molar-refractivity contribution in [3.05, 3.63) is 95.8 Å². The van der Waals surface area contributed by atoms with Crippen molar-refractivity contribution in [1.82, 2.24) is 14.9 Å². The molecular formula is C35H34F2N4O5. The highest BCUT2D eigenvalue weighted by Crippen LogP contribution is 2.37. The van der Waals surface area contributed by atoms with Crippen LogP contribution in [-0.2, 0) is 9.59 Å². The first-order valence-corrected chi connectivity index (χ1v) is 14.9. The molecule has 9 nitrogen and oxygen atoms in total. The van der Waals surface area contributed by atoms with E-state index in [0.29, 0.717) is 47.0 Å². The van der Waals surface area contributed by atoms with Crippen LogP contribution in [-0.4, -0.2) is 59.9 Å². The van der Waals surface area contributed by atoms with Crippen molar-refractivity contribution < 1.29 is 32.6 Å². The fourth-order valence-electron chi connectivity index (χ4n) is 5.34. The lowest BCUT2D eigenvalue weighted by molar-refractivity contribution is -0.117. The van der Waals surface area contributed by atoms with Gasteiger partial charge in [-0.3, -0.25) is 19.5 Å². The predicted molar refractivity (Wildman–Crippen MR) is 171 cm³/mol. The van der Waals surface area contributed by atoms with Crippen molar-refractivity contribution in [2.24, 2.45) is 0 Å². The molecule has 2 aromatic carbocycles. The third-order valence-electron chi connectivity index (χ3n) is 7.49. The maximum absolute atomic E-state index is 14.9. The number of carbonyl (C=O) groups excluding carboxylic acids is 2. The second-order valence-electron chi connectivity index (χ2n) is 10.6. The lowest BCUT2D eigenvalue weighted by Gasteiger charge is -2.30. The normalized spacial score (nSPS) is 14.6. The van der Waals surface area contributed by atoms with Crippen LogP contribution >= 0.6 is 0 Å². The summed E-state index contributed by atoms with van der Waals surface area (Å²) < 4.78 is 45.4. The number of hydrogen-bond donors (Lipinski definition) is 1. The quantitative estimate of drug-likeness (QED) is 0.172. The number of fused-ring (bicyclic) bond motifs is 1. The Balaban J connectivity index is 1.39. The van der Waals surface area contributed by atoms with Crippen LogP contribution in [0.15, 0.2) is 78.6 Å². The van der Waals surface area contributed by atoms with Gasteiger partial charge in [0, 0.05) is 40.9 Å². The van der Waals surface area contributed by atoms with Crippen LogP contribution in [0, 0.1) is 11.6 Å². The predicted octanol–water partition coefficient (Wildman–Crippen LogP) is 6.74. The Kier molecular flexibility index (Phi) is 10.0. The number of allylic oxidation sites excluding steroid dienone is 1. The number of methoxy groups -OCH3 is 2. The molecule has 0 saturated heterocycles. The topological polar surface area (TPSA) is 103 Å². The van der Waals surface area contributed by atoms with E-state index in [1.54, 1.807) is 62.9 Å². The molecule has 1 N–H and O–H groups in total. The van der Waals surface area contributed by atoms with E-state index in [-0.39, 0.29) is 22.5 Å². The van der Waals surface area contributed by atoms with E-state index in [4.69, 9.17) is 14.2 Å². The lowest BCUT2D eigenvalue weighted by Crippen LogP contribution is -2.38. The summed E-state index contributed by atoms with van der Waals surface area (Å²) >= 11 is 0. The molecule has 5 rings (SSSR count). The van der Waals surface area contributed by atoms with Gasteiger partial charge in [0.25, 0.3) is 5.91 Å². The molecule has 46 heavy (non-hydrogen) atoms. The van der Waals surface area contributed by atoms with Crippen LogP contribution in [0.4, 0.5) is 14.6 Å². The van der Waals surface area contributed by atoms with E-state index >= 15 is 0 Å². The fraction of sp³-hybridized carbons (Fsp3) is 0.257. The van der Waals surface area contributed by atoms with Crippen molar-refractivity contribution in [2.45, 2.75) is 32.7 Å². The molecule has 1 atom stereocenters. The minimum Gasteiger partial charge on any atom is -0.493 e. The van der Waals surface area contributed by atoms with Gasteiger partial charge in [-0.15, -0.1) is 0 Å². The van der Waals surface area contributed by atoms with Crippen molar-refractivity contribution in [3.63, 3.8) is 0 Å². The molecule has 238 valence electrons. The zero-order chi connectivity index (χ0) is 32.8. The van der Waals surface area contributed by atoms with Crippen molar-refractivity contribution in [2.75, 3.05) is 32.6 Å². The molecule has 0 aliphatic heterocycles. The largest absolute Gasteiger partial charge is 0.493 e. The van der Waals surface area contributed by atoms with Crippen LogP contribution in [0.5, 0.6) is 23.0 Å². The molecule has 1 unspecified atom stereocenters. The zero-order valence-corrected chi connectivity index (χ0v) is 26.0. The Bertz CT molecular complexity index is 1820. The highest BCUT2D eigenvalue weighted by Gasteiger charge is 2.32. The van der Waals surface area contributed by atoms with Gasteiger partial charge >= 0.3 is 0 Å². The monoisotopic (exact) mass is 628 g/mol. The molecule has 0 radical (unpaired) electrons. The summed E-state index contributed by atoms with van der Waals surface area (Å²) in [6, 6.07) is 11.0. The van der Waals surface area contributed by atoms with Crippen LogP contribution in [0.2, 0.25) is 0 Å². The van der Waals surface area contributed by atoms with Gasteiger partial charge in [-0.05, 0) is 68.4 Å². The Morgan fingerprint density at radius 2 is 1.65 bits per heavy atom. The average molecular weight is 629 g/mol. The van der Waals surface area contributed by atoms with Gasteiger partial charge in [0.1, 0.15) is 29.0 Å². The minimum atomic E-state index is -0.880. The maximum Gasteiger partial charge on any atom is 0.260 e. The molecule has 4 aromatic rings. The molecule has 1 aliphatic carbocycles. The van der Waals surface area contributed by atoms with Gasteiger partial charge < -0.3 is 19.5 Å². The number of Topliss-reactive ketones (excluding diaryl/α,β-unsaturated/α-hetero) is 1. The number of aromatic nitrogens is 2. The molecule has 2 heterocycles. The van der Waals surface area contributed by atoms with Crippen LogP contribution in [0.3, 0.4) is 0 Å². The van der Waals surface area contributed by atoms with Crippen LogP contribution < -0.4 is 19.5 Å². The Morgan fingerprint density at radius 1 is 0.913 bits per heavy atom. The summed E-state index contributed by atoms with van der Waals surface area (Å²) in [5.41, 5.74) is 0.421. The summed E-state index contributed by atoms with van der Waals surface area (Å²) in [6.45, 7) is 5.46. The summed E-state index contributed by atoms with van der Waals surface area (Å²) in [7, 11) is 3.09. The second-order valence-corrected chi connectivity index (χ2v) is 10.6. The molecule has 1 amide bonds. The Hall–Kier alpha value is -5.16. The summed E-state index contributed by atoms with van der Waals surface area (Å²) in [4.78, 5) is 37.9. The number of rotatable bonds is 12. The van der Waals surface area contributed by atoms with Crippen LogP contribution in [0.1, 0.15) is 32.3 Å². The number of benzene rings is 2. The van der Waals surface area contributed by atoms with Gasteiger partial charge in [-0.1, -0.05) is 19.9 Å². The molecule has 2 aromatic heterocycles. The van der Waals surface area contributed by atoms with E-state index in [1.807, 2.05) is 13.8 Å². The number of hydrogen-bond acceptors (Lipinski definition) is 8. The summed E-state index contributed by atoms with van der Waals surface area (Å²) in [5.74, 6) is -0.874. The van der Waals surface area contributed by atoms with E-state index in [9.17, 15) is 18.4 Å².